The highest BCUT2D eigenvalue weighted by Crippen LogP contribution is 2.20. The standard InChI is InChI=1S/C16H16N2O2S/c1-10-8-13(19)6-7-14(10)18-16(20)12-4-2-11(3-5-12)9-15(17)21/h2-8,19H,9H2,1H3,(H2,17,21)(H,18,20). The van der Waals surface area contributed by atoms with Crippen LogP contribution in [-0.2, 0) is 6.42 Å². The van der Waals surface area contributed by atoms with E-state index in [-0.39, 0.29) is 11.7 Å². The van der Waals surface area contributed by atoms with Gasteiger partial charge in [-0.05, 0) is 48.4 Å². The zero-order chi connectivity index (χ0) is 15.4. The summed E-state index contributed by atoms with van der Waals surface area (Å²) in [6, 6.07) is 11.9. The third-order valence-corrected chi connectivity index (χ3v) is 3.20. The Hall–Kier alpha value is -2.40. The number of amides is 1. The van der Waals surface area contributed by atoms with E-state index in [4.69, 9.17) is 18.0 Å². The fraction of sp³-hybridized carbons (Fsp3) is 0.125. The molecule has 0 aliphatic carbocycles. The predicted molar refractivity (Wildman–Crippen MR) is 87.7 cm³/mol. The first-order valence-corrected chi connectivity index (χ1v) is 6.85. The van der Waals surface area contributed by atoms with E-state index in [9.17, 15) is 9.90 Å². The number of carbonyl (C=O) groups excluding carboxylic acids is 1. The van der Waals surface area contributed by atoms with Gasteiger partial charge in [0.2, 0.25) is 0 Å². The minimum atomic E-state index is -0.203. The molecular weight excluding hydrogens is 284 g/mol. The number of carbonyl (C=O) groups is 1. The average molecular weight is 300 g/mol. The molecule has 21 heavy (non-hydrogen) atoms. The van der Waals surface area contributed by atoms with Crippen LogP contribution in [-0.4, -0.2) is 16.0 Å². The third-order valence-electron chi connectivity index (χ3n) is 3.05. The van der Waals surface area contributed by atoms with Gasteiger partial charge in [0.25, 0.3) is 5.91 Å². The molecule has 0 heterocycles. The Balaban J connectivity index is 2.11. The minimum absolute atomic E-state index is 0.174. The fourth-order valence-corrected chi connectivity index (χ4v) is 2.12. The molecule has 2 aromatic rings. The molecule has 4 N–H and O–H groups in total. The molecule has 0 saturated carbocycles. The quantitative estimate of drug-likeness (QED) is 0.599. The molecule has 0 spiro atoms. The third kappa shape index (κ3) is 4.03. The second-order valence-electron chi connectivity index (χ2n) is 4.79. The van der Waals surface area contributed by atoms with Crippen LogP contribution in [0, 0.1) is 6.92 Å². The van der Waals surface area contributed by atoms with Crippen LogP contribution >= 0.6 is 12.2 Å². The molecule has 0 unspecified atom stereocenters. The van der Waals surface area contributed by atoms with Gasteiger partial charge in [0.1, 0.15) is 5.75 Å². The van der Waals surface area contributed by atoms with Crippen LogP contribution in [0.4, 0.5) is 5.69 Å². The molecule has 1 amide bonds. The van der Waals surface area contributed by atoms with Crippen LogP contribution in [0.1, 0.15) is 21.5 Å². The highest BCUT2D eigenvalue weighted by Gasteiger charge is 2.08. The van der Waals surface area contributed by atoms with Gasteiger partial charge in [-0.2, -0.15) is 0 Å². The Labute approximate surface area is 128 Å². The number of rotatable bonds is 4. The molecule has 2 aromatic carbocycles. The Bertz CT molecular complexity index is 681. The van der Waals surface area contributed by atoms with E-state index in [0.717, 1.165) is 11.1 Å². The number of hydrogen-bond donors (Lipinski definition) is 3. The van der Waals surface area contributed by atoms with Gasteiger partial charge < -0.3 is 16.2 Å². The monoisotopic (exact) mass is 300 g/mol. The Morgan fingerprint density at radius 2 is 1.90 bits per heavy atom. The van der Waals surface area contributed by atoms with Gasteiger partial charge in [-0.3, -0.25) is 4.79 Å². The molecule has 0 bridgehead atoms. The van der Waals surface area contributed by atoms with Crippen molar-refractivity contribution in [3.8, 4) is 5.75 Å². The number of aryl methyl sites for hydroxylation is 1. The second-order valence-corrected chi connectivity index (χ2v) is 5.32. The lowest BCUT2D eigenvalue weighted by Gasteiger charge is -2.09. The van der Waals surface area contributed by atoms with Crippen LogP contribution in [0.2, 0.25) is 0 Å². The van der Waals surface area contributed by atoms with Crippen molar-refractivity contribution < 1.29 is 9.90 Å². The fourth-order valence-electron chi connectivity index (χ4n) is 1.96. The maximum absolute atomic E-state index is 12.2. The number of benzene rings is 2. The number of thiocarbonyl (C=S) groups is 1. The first-order valence-electron chi connectivity index (χ1n) is 6.44. The van der Waals surface area contributed by atoms with Gasteiger partial charge in [0.15, 0.2) is 0 Å². The van der Waals surface area contributed by atoms with Gasteiger partial charge in [-0.1, -0.05) is 24.4 Å². The van der Waals surface area contributed by atoms with Crippen molar-refractivity contribution in [2.75, 3.05) is 5.32 Å². The van der Waals surface area contributed by atoms with E-state index < -0.39 is 0 Å². The molecule has 5 heteroatoms. The predicted octanol–water partition coefficient (Wildman–Crippen LogP) is 2.78. The van der Waals surface area contributed by atoms with E-state index in [1.54, 1.807) is 24.3 Å². The first kappa shape index (κ1) is 15.0. The molecular formula is C16H16N2O2S. The van der Waals surface area contributed by atoms with E-state index in [1.165, 1.54) is 6.07 Å². The number of nitrogens with two attached hydrogens (primary N) is 1. The van der Waals surface area contributed by atoms with Crippen molar-refractivity contribution in [2.45, 2.75) is 13.3 Å². The summed E-state index contributed by atoms with van der Waals surface area (Å²) < 4.78 is 0. The summed E-state index contributed by atoms with van der Waals surface area (Å²) in [6.07, 6.45) is 0.522. The Morgan fingerprint density at radius 3 is 2.48 bits per heavy atom. The number of anilines is 1. The lowest BCUT2D eigenvalue weighted by molar-refractivity contribution is 0.102. The molecule has 0 aliphatic heterocycles. The zero-order valence-electron chi connectivity index (χ0n) is 11.6. The molecule has 0 radical (unpaired) electrons. The summed E-state index contributed by atoms with van der Waals surface area (Å²) in [5.41, 5.74) is 8.48. The van der Waals surface area contributed by atoms with E-state index in [2.05, 4.69) is 5.32 Å². The van der Waals surface area contributed by atoms with E-state index >= 15 is 0 Å². The average Bonchev–Trinajstić information content (AvgIpc) is 2.42. The highest BCUT2D eigenvalue weighted by molar-refractivity contribution is 7.80. The molecule has 2 rings (SSSR count). The van der Waals surface area contributed by atoms with Crippen LogP contribution in [0.3, 0.4) is 0 Å². The van der Waals surface area contributed by atoms with E-state index in [1.807, 2.05) is 19.1 Å². The van der Waals surface area contributed by atoms with Crippen molar-refractivity contribution in [1.29, 1.82) is 0 Å². The maximum Gasteiger partial charge on any atom is 0.255 e. The smallest absolute Gasteiger partial charge is 0.255 e. The first-order chi connectivity index (χ1) is 9.95. The lowest BCUT2D eigenvalue weighted by Crippen LogP contribution is -2.13. The lowest BCUT2D eigenvalue weighted by atomic mass is 10.1. The zero-order valence-corrected chi connectivity index (χ0v) is 12.4. The summed E-state index contributed by atoms with van der Waals surface area (Å²) in [4.78, 5) is 12.6. The molecule has 0 fully saturated rings. The molecule has 0 saturated heterocycles. The topological polar surface area (TPSA) is 75.3 Å². The van der Waals surface area contributed by atoms with Crippen LogP contribution in [0.25, 0.3) is 0 Å². The van der Waals surface area contributed by atoms with Crippen LogP contribution < -0.4 is 11.1 Å². The van der Waals surface area contributed by atoms with Crippen LogP contribution in [0.15, 0.2) is 42.5 Å². The van der Waals surface area contributed by atoms with E-state index in [0.29, 0.717) is 22.7 Å². The Morgan fingerprint density at radius 1 is 1.24 bits per heavy atom. The van der Waals surface area contributed by atoms with Gasteiger partial charge >= 0.3 is 0 Å². The SMILES string of the molecule is Cc1cc(O)ccc1NC(=O)c1ccc(CC(N)=S)cc1. The van der Waals surface area contributed by atoms with Crippen molar-refractivity contribution in [1.82, 2.24) is 0 Å². The largest absolute Gasteiger partial charge is 0.508 e. The van der Waals surface area contributed by atoms with Crippen molar-refractivity contribution in [2.24, 2.45) is 5.73 Å². The molecule has 4 nitrogen and oxygen atoms in total. The number of phenolic OH excluding ortho intramolecular Hbond substituents is 1. The van der Waals surface area contributed by atoms with Crippen LogP contribution in [0.5, 0.6) is 5.75 Å². The summed E-state index contributed by atoms with van der Waals surface area (Å²) in [7, 11) is 0. The molecule has 0 atom stereocenters. The Kier molecular flexibility index (Phi) is 4.55. The van der Waals surface area contributed by atoms with Crippen molar-refractivity contribution in [3.63, 3.8) is 0 Å². The van der Waals surface area contributed by atoms with Gasteiger partial charge in [-0.15, -0.1) is 0 Å². The number of hydrogen-bond acceptors (Lipinski definition) is 3. The number of nitrogens with one attached hydrogen (secondary N) is 1. The highest BCUT2D eigenvalue weighted by atomic mass is 32.1. The summed E-state index contributed by atoms with van der Waals surface area (Å²) in [5, 5.41) is 12.2. The van der Waals surface area contributed by atoms with Gasteiger partial charge in [0.05, 0.1) is 4.99 Å². The molecule has 0 aromatic heterocycles. The normalized spacial score (nSPS) is 10.1. The van der Waals surface area contributed by atoms with Gasteiger partial charge in [0, 0.05) is 17.7 Å². The summed E-state index contributed by atoms with van der Waals surface area (Å²) in [5.74, 6) is -0.0294. The molecule has 108 valence electrons. The molecule has 0 aliphatic rings. The minimum Gasteiger partial charge on any atom is -0.508 e. The number of aromatic hydroxyl groups is 1. The maximum atomic E-state index is 12.2. The number of phenols is 1. The van der Waals surface area contributed by atoms with Crippen molar-refractivity contribution >= 4 is 28.8 Å². The summed E-state index contributed by atoms with van der Waals surface area (Å²) >= 11 is 4.85. The summed E-state index contributed by atoms with van der Waals surface area (Å²) in [6.45, 7) is 1.82. The van der Waals surface area contributed by atoms with Gasteiger partial charge in [-0.25, -0.2) is 0 Å². The van der Waals surface area contributed by atoms with Crippen molar-refractivity contribution in [3.05, 3.63) is 59.2 Å². The second kappa shape index (κ2) is 6.37.